The van der Waals surface area contributed by atoms with Gasteiger partial charge in [0.2, 0.25) is 0 Å². The number of hydrogen-bond donors (Lipinski definition) is 1. The second kappa shape index (κ2) is 14.3. The van der Waals surface area contributed by atoms with Crippen molar-refractivity contribution in [3.63, 3.8) is 0 Å². The molecule has 19 heavy (non-hydrogen) atoms. The molecule has 0 aromatic rings. The predicted octanol–water partition coefficient (Wildman–Crippen LogP) is 3.73. The van der Waals surface area contributed by atoms with Gasteiger partial charge in [-0.2, -0.15) is 0 Å². The van der Waals surface area contributed by atoms with Crippen molar-refractivity contribution in [3.8, 4) is 0 Å². The van der Waals surface area contributed by atoms with E-state index in [1.807, 2.05) is 0 Å². The van der Waals surface area contributed by atoms with E-state index in [9.17, 15) is 0 Å². The summed E-state index contributed by atoms with van der Waals surface area (Å²) in [5.74, 6) is 1.52. The Labute approximate surface area is 121 Å². The Morgan fingerprint density at radius 2 is 1.37 bits per heavy atom. The quantitative estimate of drug-likeness (QED) is 0.490. The Kier molecular flexibility index (Phi) is 14.2. The second-order valence-corrected chi connectivity index (χ2v) is 6.07. The number of hydrogen-bond acceptors (Lipinski definition) is 3. The minimum Gasteiger partial charge on any atom is -0.381 e. The van der Waals surface area contributed by atoms with E-state index in [1.54, 1.807) is 0 Å². The van der Waals surface area contributed by atoms with E-state index in [1.165, 1.54) is 12.8 Å². The summed E-state index contributed by atoms with van der Waals surface area (Å²) in [5.41, 5.74) is 0. The van der Waals surface area contributed by atoms with Crippen LogP contribution < -0.4 is 5.32 Å². The minimum absolute atomic E-state index is 0. The highest BCUT2D eigenvalue weighted by molar-refractivity contribution is 4.51. The lowest BCUT2D eigenvalue weighted by atomic mass is 10.1. The molecule has 118 valence electrons. The molecule has 0 aromatic heterocycles. The van der Waals surface area contributed by atoms with Crippen LogP contribution in [0.3, 0.4) is 0 Å². The van der Waals surface area contributed by atoms with Gasteiger partial charge in [0.05, 0.1) is 0 Å². The maximum atomic E-state index is 5.57. The third-order valence-electron chi connectivity index (χ3n) is 2.84. The molecular weight excluding hydrogens is 238 g/mol. The van der Waals surface area contributed by atoms with Gasteiger partial charge in [-0.05, 0) is 50.6 Å². The first-order valence-electron chi connectivity index (χ1n) is 7.99. The highest BCUT2D eigenvalue weighted by Gasteiger charge is 1.95. The monoisotopic (exact) mass is 275 g/mol. The van der Waals surface area contributed by atoms with Gasteiger partial charge in [0.15, 0.2) is 0 Å². The molecule has 0 heterocycles. The molecule has 0 rings (SSSR count). The fourth-order valence-electron chi connectivity index (χ4n) is 1.75. The zero-order chi connectivity index (χ0) is 14.3. The summed E-state index contributed by atoms with van der Waals surface area (Å²) in [4.78, 5) is 0. The molecule has 1 N–H and O–H groups in total. The third kappa shape index (κ3) is 17.9. The maximum absolute atomic E-state index is 5.57. The van der Waals surface area contributed by atoms with E-state index >= 15 is 0 Å². The van der Waals surface area contributed by atoms with Gasteiger partial charge in [-0.25, -0.2) is 0 Å². The predicted molar refractivity (Wildman–Crippen MR) is 84.8 cm³/mol. The minimum atomic E-state index is 0. The summed E-state index contributed by atoms with van der Waals surface area (Å²) < 4.78 is 11.1. The number of rotatable bonds is 14. The lowest BCUT2D eigenvalue weighted by molar-refractivity contribution is 0.0794. The third-order valence-corrected chi connectivity index (χ3v) is 2.84. The Morgan fingerprint density at radius 1 is 0.789 bits per heavy atom. The van der Waals surface area contributed by atoms with Crippen LogP contribution in [0.5, 0.6) is 0 Å². The lowest BCUT2D eigenvalue weighted by Gasteiger charge is -2.08. The summed E-state index contributed by atoms with van der Waals surface area (Å²) >= 11 is 0. The van der Waals surface area contributed by atoms with E-state index in [4.69, 9.17) is 9.47 Å². The molecule has 0 saturated carbocycles. The topological polar surface area (TPSA) is 30.5 Å². The van der Waals surface area contributed by atoms with Crippen molar-refractivity contribution in [3.05, 3.63) is 0 Å². The van der Waals surface area contributed by atoms with Gasteiger partial charge in [-0.15, -0.1) is 0 Å². The molecule has 0 radical (unpaired) electrons. The molecule has 0 atom stereocenters. The van der Waals surface area contributed by atoms with Crippen LogP contribution >= 0.6 is 0 Å². The van der Waals surface area contributed by atoms with E-state index < -0.39 is 0 Å². The zero-order valence-corrected chi connectivity index (χ0v) is 13.5. The highest BCUT2D eigenvalue weighted by atomic mass is 16.5. The van der Waals surface area contributed by atoms with Crippen LogP contribution in [-0.4, -0.2) is 39.5 Å². The van der Waals surface area contributed by atoms with Crippen molar-refractivity contribution in [1.82, 2.24) is 5.32 Å². The molecule has 0 aliphatic carbocycles. The molecule has 0 amide bonds. The largest absolute Gasteiger partial charge is 0.381 e. The Morgan fingerprint density at radius 3 is 1.95 bits per heavy atom. The van der Waals surface area contributed by atoms with E-state index in [2.05, 4.69) is 33.0 Å². The summed E-state index contributed by atoms with van der Waals surface area (Å²) in [6, 6.07) is 0. The van der Waals surface area contributed by atoms with Crippen molar-refractivity contribution < 1.29 is 10.9 Å². The average molecular weight is 275 g/mol. The van der Waals surface area contributed by atoms with Crippen LogP contribution in [0, 0.1) is 11.8 Å². The SMILES string of the molecule is CC(C)CCCOCCCOCCCNCC(C)C.[HH]. The molecule has 0 aromatic carbocycles. The van der Waals surface area contributed by atoms with E-state index in [-0.39, 0.29) is 1.43 Å². The molecule has 0 aliphatic rings. The van der Waals surface area contributed by atoms with Crippen LogP contribution in [-0.2, 0) is 9.47 Å². The fraction of sp³-hybridized carbons (Fsp3) is 1.00. The first-order valence-corrected chi connectivity index (χ1v) is 7.99. The second-order valence-electron chi connectivity index (χ2n) is 6.07. The van der Waals surface area contributed by atoms with Crippen molar-refractivity contribution in [2.45, 2.75) is 53.4 Å². The zero-order valence-electron chi connectivity index (χ0n) is 13.5. The van der Waals surface area contributed by atoms with Crippen molar-refractivity contribution in [2.24, 2.45) is 11.8 Å². The lowest BCUT2D eigenvalue weighted by Crippen LogP contribution is -2.21. The number of ether oxygens (including phenoxy) is 2. The molecule has 0 aliphatic heterocycles. The average Bonchev–Trinajstić information content (AvgIpc) is 2.34. The molecule has 0 fully saturated rings. The Hall–Kier alpha value is -0.120. The molecule has 0 bridgehead atoms. The van der Waals surface area contributed by atoms with Crippen LogP contribution in [0.25, 0.3) is 0 Å². The fourth-order valence-corrected chi connectivity index (χ4v) is 1.75. The molecule has 0 unspecified atom stereocenters. The summed E-state index contributed by atoms with van der Waals surface area (Å²) in [6.45, 7) is 14.5. The normalized spacial score (nSPS) is 11.7. The molecule has 3 heteroatoms. The van der Waals surface area contributed by atoms with Crippen LogP contribution in [0.2, 0.25) is 0 Å². The van der Waals surface area contributed by atoms with Gasteiger partial charge in [0.25, 0.3) is 0 Å². The van der Waals surface area contributed by atoms with Crippen molar-refractivity contribution in [2.75, 3.05) is 39.5 Å². The van der Waals surface area contributed by atoms with Gasteiger partial charge in [-0.1, -0.05) is 27.7 Å². The standard InChI is InChI=1S/C16H35NO2.H2/c1-15(2)8-5-10-18-12-7-13-19-11-6-9-17-14-16(3)4;/h15-17H,5-14H2,1-4H3;1H. The van der Waals surface area contributed by atoms with Crippen LogP contribution in [0.1, 0.15) is 54.8 Å². The maximum Gasteiger partial charge on any atom is 0.0487 e. The Balaban J connectivity index is 0. The van der Waals surface area contributed by atoms with E-state index in [0.29, 0.717) is 0 Å². The van der Waals surface area contributed by atoms with Crippen LogP contribution in [0.15, 0.2) is 0 Å². The van der Waals surface area contributed by atoms with Gasteiger partial charge in [-0.3, -0.25) is 0 Å². The molecule has 0 saturated heterocycles. The van der Waals surface area contributed by atoms with Gasteiger partial charge >= 0.3 is 0 Å². The smallest absolute Gasteiger partial charge is 0.0487 e. The van der Waals surface area contributed by atoms with E-state index in [0.717, 1.165) is 64.2 Å². The molecule has 0 spiro atoms. The van der Waals surface area contributed by atoms with Crippen molar-refractivity contribution in [1.29, 1.82) is 0 Å². The summed E-state index contributed by atoms with van der Waals surface area (Å²) in [5, 5.41) is 3.41. The first kappa shape index (κ1) is 18.9. The molecular formula is C16H37NO2. The summed E-state index contributed by atoms with van der Waals surface area (Å²) in [7, 11) is 0. The van der Waals surface area contributed by atoms with Gasteiger partial charge < -0.3 is 14.8 Å². The molecule has 3 nitrogen and oxygen atoms in total. The van der Waals surface area contributed by atoms with Crippen molar-refractivity contribution >= 4 is 0 Å². The first-order chi connectivity index (χ1) is 9.13. The highest BCUT2D eigenvalue weighted by Crippen LogP contribution is 2.03. The summed E-state index contributed by atoms with van der Waals surface area (Å²) in [6.07, 6.45) is 4.56. The van der Waals surface area contributed by atoms with Gasteiger partial charge in [0.1, 0.15) is 0 Å². The number of nitrogens with one attached hydrogen (secondary N) is 1. The Bertz CT molecular complexity index is 160. The van der Waals surface area contributed by atoms with Gasteiger partial charge in [0, 0.05) is 27.9 Å². The van der Waals surface area contributed by atoms with Crippen LogP contribution in [0.4, 0.5) is 0 Å².